The summed E-state index contributed by atoms with van der Waals surface area (Å²) in [6.45, 7) is 8.34. The molecule has 0 unspecified atom stereocenters. The Bertz CT molecular complexity index is 1060. The normalized spacial score (nSPS) is 14.6. The lowest BCUT2D eigenvalue weighted by atomic mass is 10.1. The zero-order valence-electron chi connectivity index (χ0n) is 18.2. The van der Waals surface area contributed by atoms with Gasteiger partial charge in [0.1, 0.15) is 4.34 Å². The Labute approximate surface area is 192 Å². The second kappa shape index (κ2) is 9.85. The van der Waals surface area contributed by atoms with E-state index in [1.807, 2.05) is 37.3 Å². The highest BCUT2D eigenvalue weighted by atomic mass is 32.2. The van der Waals surface area contributed by atoms with Crippen molar-refractivity contribution in [3.8, 4) is 0 Å². The van der Waals surface area contributed by atoms with E-state index in [0.717, 1.165) is 53.2 Å². The van der Waals surface area contributed by atoms with Gasteiger partial charge in [-0.05, 0) is 56.3 Å². The number of benzene rings is 2. The van der Waals surface area contributed by atoms with Crippen LogP contribution in [0.3, 0.4) is 0 Å². The molecule has 1 saturated heterocycles. The second-order valence-electron chi connectivity index (χ2n) is 7.95. The van der Waals surface area contributed by atoms with E-state index in [4.69, 9.17) is 0 Å². The van der Waals surface area contributed by atoms with Crippen LogP contribution >= 0.6 is 23.1 Å². The highest BCUT2D eigenvalue weighted by Crippen LogP contribution is 2.28. The van der Waals surface area contributed by atoms with Crippen molar-refractivity contribution in [1.82, 2.24) is 9.88 Å². The Kier molecular flexibility index (Phi) is 6.95. The van der Waals surface area contributed by atoms with Crippen molar-refractivity contribution in [3.63, 3.8) is 0 Å². The Morgan fingerprint density at radius 1 is 1.13 bits per heavy atom. The Morgan fingerprint density at radius 3 is 2.61 bits per heavy atom. The van der Waals surface area contributed by atoms with Crippen LogP contribution in [0.15, 0.2) is 52.2 Å². The SMILES string of the molecule is Cc1csc(SCc2ccccc2C(=O)Nc2ccc(N3CCN(C)CC3)c(C)c2)n1. The third-order valence-electron chi connectivity index (χ3n) is 5.51. The first-order valence-corrected chi connectivity index (χ1v) is 12.3. The molecule has 2 aromatic carbocycles. The fraction of sp³-hybridized carbons (Fsp3) is 0.333. The van der Waals surface area contributed by atoms with Crippen LogP contribution in [-0.4, -0.2) is 49.0 Å². The molecule has 0 bridgehead atoms. The second-order valence-corrected chi connectivity index (χ2v) is 10.0. The molecule has 0 atom stereocenters. The van der Waals surface area contributed by atoms with E-state index >= 15 is 0 Å². The van der Waals surface area contributed by atoms with E-state index in [9.17, 15) is 4.79 Å². The largest absolute Gasteiger partial charge is 0.369 e. The van der Waals surface area contributed by atoms with Crippen LogP contribution in [-0.2, 0) is 5.75 Å². The van der Waals surface area contributed by atoms with Crippen LogP contribution in [0.4, 0.5) is 11.4 Å². The molecule has 4 rings (SSSR count). The van der Waals surface area contributed by atoms with Gasteiger partial charge in [-0.2, -0.15) is 0 Å². The number of carbonyl (C=O) groups excluding carboxylic acids is 1. The fourth-order valence-electron chi connectivity index (χ4n) is 3.74. The fourth-order valence-corrected chi connectivity index (χ4v) is 5.59. The number of thiazole rings is 1. The minimum atomic E-state index is -0.0710. The molecule has 0 radical (unpaired) electrons. The van der Waals surface area contributed by atoms with Gasteiger partial charge in [-0.1, -0.05) is 30.0 Å². The van der Waals surface area contributed by atoms with Gasteiger partial charge >= 0.3 is 0 Å². The van der Waals surface area contributed by atoms with Gasteiger partial charge in [0, 0.05) is 59.9 Å². The standard InChI is InChI=1S/C24H28N4OS2/c1-17-14-20(8-9-22(17)28-12-10-27(3)11-13-28)26-23(29)21-7-5-4-6-19(21)16-31-24-25-18(2)15-30-24/h4-9,14-15H,10-13,16H2,1-3H3,(H,26,29). The maximum atomic E-state index is 13.0. The number of carbonyl (C=O) groups is 1. The summed E-state index contributed by atoms with van der Waals surface area (Å²) in [7, 11) is 2.16. The number of hydrogen-bond acceptors (Lipinski definition) is 6. The van der Waals surface area contributed by atoms with E-state index < -0.39 is 0 Å². The number of aromatic nitrogens is 1. The van der Waals surface area contributed by atoms with E-state index in [0.29, 0.717) is 5.56 Å². The minimum Gasteiger partial charge on any atom is -0.369 e. The van der Waals surface area contributed by atoms with Crippen molar-refractivity contribution >= 4 is 40.4 Å². The summed E-state index contributed by atoms with van der Waals surface area (Å²) in [4.78, 5) is 22.3. The third kappa shape index (κ3) is 5.47. The van der Waals surface area contributed by atoms with Gasteiger partial charge in [-0.25, -0.2) is 4.98 Å². The van der Waals surface area contributed by atoms with Gasteiger partial charge in [0.2, 0.25) is 0 Å². The van der Waals surface area contributed by atoms with E-state index in [2.05, 4.69) is 51.6 Å². The maximum absolute atomic E-state index is 13.0. The molecule has 1 amide bonds. The number of nitrogens with one attached hydrogen (secondary N) is 1. The number of anilines is 2. The topological polar surface area (TPSA) is 48.5 Å². The number of hydrogen-bond donors (Lipinski definition) is 1. The van der Waals surface area contributed by atoms with Crippen LogP contribution < -0.4 is 10.2 Å². The first-order valence-electron chi connectivity index (χ1n) is 10.5. The molecular formula is C24H28N4OS2. The van der Waals surface area contributed by atoms with Gasteiger partial charge in [-0.3, -0.25) is 4.79 Å². The Hall–Kier alpha value is -2.35. The molecule has 31 heavy (non-hydrogen) atoms. The average molecular weight is 453 g/mol. The van der Waals surface area contributed by atoms with Crippen molar-refractivity contribution in [2.24, 2.45) is 0 Å². The summed E-state index contributed by atoms with van der Waals surface area (Å²) < 4.78 is 1.03. The molecule has 7 heteroatoms. The van der Waals surface area contributed by atoms with Crippen molar-refractivity contribution in [1.29, 1.82) is 0 Å². The zero-order valence-corrected chi connectivity index (χ0v) is 19.9. The van der Waals surface area contributed by atoms with E-state index in [1.54, 1.807) is 23.1 Å². The number of aryl methyl sites for hydroxylation is 2. The molecule has 2 heterocycles. The number of rotatable bonds is 6. The number of likely N-dealkylation sites (N-methyl/N-ethyl adjacent to an activating group) is 1. The van der Waals surface area contributed by atoms with Gasteiger partial charge in [0.25, 0.3) is 5.91 Å². The summed E-state index contributed by atoms with van der Waals surface area (Å²) in [5.41, 5.74) is 6.03. The Morgan fingerprint density at radius 2 is 1.90 bits per heavy atom. The molecule has 5 nitrogen and oxygen atoms in total. The van der Waals surface area contributed by atoms with Crippen molar-refractivity contribution in [2.45, 2.75) is 23.9 Å². The number of amides is 1. The predicted octanol–water partition coefficient (Wildman–Crippen LogP) is 5.06. The molecular weight excluding hydrogens is 424 g/mol. The summed E-state index contributed by atoms with van der Waals surface area (Å²) in [5, 5.41) is 5.14. The first-order chi connectivity index (χ1) is 15.0. The molecule has 162 valence electrons. The highest BCUT2D eigenvalue weighted by Gasteiger charge is 2.17. The zero-order chi connectivity index (χ0) is 21.8. The number of piperazine rings is 1. The Balaban J connectivity index is 1.44. The van der Waals surface area contributed by atoms with Crippen LogP contribution in [0, 0.1) is 13.8 Å². The lowest BCUT2D eigenvalue weighted by molar-refractivity contribution is 0.102. The number of nitrogens with zero attached hydrogens (tertiary/aromatic N) is 3. The summed E-state index contributed by atoms with van der Waals surface area (Å²) in [6.07, 6.45) is 0. The monoisotopic (exact) mass is 452 g/mol. The molecule has 1 N–H and O–H groups in total. The van der Waals surface area contributed by atoms with Crippen LogP contribution in [0.1, 0.15) is 27.2 Å². The van der Waals surface area contributed by atoms with Crippen LogP contribution in [0.5, 0.6) is 0 Å². The molecule has 3 aromatic rings. The van der Waals surface area contributed by atoms with Gasteiger partial charge in [0.05, 0.1) is 0 Å². The molecule has 0 aliphatic carbocycles. The highest BCUT2D eigenvalue weighted by molar-refractivity contribution is 8.00. The third-order valence-corrected chi connectivity index (χ3v) is 7.70. The van der Waals surface area contributed by atoms with E-state index in [-0.39, 0.29) is 5.91 Å². The maximum Gasteiger partial charge on any atom is 0.255 e. The molecule has 1 fully saturated rings. The average Bonchev–Trinajstić information content (AvgIpc) is 3.18. The molecule has 1 aromatic heterocycles. The predicted molar refractivity (Wildman–Crippen MR) is 132 cm³/mol. The summed E-state index contributed by atoms with van der Waals surface area (Å²) >= 11 is 3.32. The summed E-state index contributed by atoms with van der Waals surface area (Å²) in [5.74, 6) is 0.649. The van der Waals surface area contributed by atoms with E-state index in [1.165, 1.54) is 11.3 Å². The minimum absolute atomic E-state index is 0.0710. The van der Waals surface area contributed by atoms with Gasteiger partial charge in [-0.15, -0.1) is 11.3 Å². The smallest absolute Gasteiger partial charge is 0.255 e. The van der Waals surface area contributed by atoms with Crippen molar-refractivity contribution in [2.75, 3.05) is 43.4 Å². The van der Waals surface area contributed by atoms with Crippen LogP contribution in [0.2, 0.25) is 0 Å². The van der Waals surface area contributed by atoms with Gasteiger partial charge in [0.15, 0.2) is 0 Å². The first kappa shape index (κ1) is 21.9. The quantitative estimate of drug-likeness (QED) is 0.530. The lowest BCUT2D eigenvalue weighted by Crippen LogP contribution is -2.44. The van der Waals surface area contributed by atoms with Gasteiger partial charge < -0.3 is 15.1 Å². The van der Waals surface area contributed by atoms with Crippen molar-refractivity contribution in [3.05, 3.63) is 70.2 Å². The molecule has 1 aliphatic rings. The van der Waals surface area contributed by atoms with Crippen LogP contribution in [0.25, 0.3) is 0 Å². The van der Waals surface area contributed by atoms with Crippen molar-refractivity contribution < 1.29 is 4.79 Å². The lowest BCUT2D eigenvalue weighted by Gasteiger charge is -2.35. The number of thioether (sulfide) groups is 1. The molecule has 1 aliphatic heterocycles. The summed E-state index contributed by atoms with van der Waals surface area (Å²) in [6, 6.07) is 14.0. The molecule has 0 saturated carbocycles. The molecule has 0 spiro atoms.